The predicted molar refractivity (Wildman–Crippen MR) is 92.9 cm³/mol. The third kappa shape index (κ3) is 2.36. The maximum atomic E-state index is 2.90. The molecule has 2 heteroatoms. The molecule has 5 rings (SSSR count). The van der Waals surface area contributed by atoms with Gasteiger partial charge in [0.25, 0.3) is 0 Å². The van der Waals surface area contributed by atoms with Crippen LogP contribution in [0, 0.1) is 22.7 Å². The summed E-state index contributed by atoms with van der Waals surface area (Å²) >= 11 is 0. The molecule has 0 amide bonds. The van der Waals surface area contributed by atoms with E-state index in [-0.39, 0.29) is 0 Å². The van der Waals surface area contributed by atoms with Gasteiger partial charge in [0.15, 0.2) is 0 Å². The molecule has 3 atom stereocenters. The Balaban J connectivity index is 1.50. The van der Waals surface area contributed by atoms with Crippen LogP contribution in [0.25, 0.3) is 0 Å². The lowest BCUT2D eigenvalue weighted by Gasteiger charge is -2.48. The lowest BCUT2D eigenvalue weighted by atomic mass is 9.71. The zero-order valence-electron chi connectivity index (χ0n) is 15.7. The van der Waals surface area contributed by atoms with Gasteiger partial charge in [-0.2, -0.15) is 0 Å². The zero-order valence-corrected chi connectivity index (χ0v) is 15.7. The molecular weight excluding hydrogens is 268 g/mol. The van der Waals surface area contributed by atoms with Crippen LogP contribution in [0.15, 0.2) is 0 Å². The number of fused-ring (bicyclic) bond motifs is 3. The van der Waals surface area contributed by atoms with E-state index < -0.39 is 0 Å². The lowest BCUT2D eigenvalue weighted by molar-refractivity contribution is 0.0150. The summed E-state index contributed by atoms with van der Waals surface area (Å²) < 4.78 is 0. The van der Waals surface area contributed by atoms with Crippen molar-refractivity contribution < 1.29 is 0 Å². The summed E-state index contributed by atoms with van der Waals surface area (Å²) in [5, 5.41) is 0. The number of piperidine rings is 3. The van der Waals surface area contributed by atoms with Gasteiger partial charge in [-0.05, 0) is 63.7 Å². The molecule has 2 aliphatic carbocycles. The minimum Gasteiger partial charge on any atom is -0.302 e. The van der Waals surface area contributed by atoms with Crippen LogP contribution in [0.5, 0.6) is 0 Å². The van der Waals surface area contributed by atoms with Crippen molar-refractivity contribution in [1.82, 2.24) is 9.80 Å². The largest absolute Gasteiger partial charge is 0.302 e. The Kier molecular flexibility index (Phi) is 3.16. The van der Waals surface area contributed by atoms with Gasteiger partial charge in [0.1, 0.15) is 0 Å². The van der Waals surface area contributed by atoms with E-state index in [4.69, 9.17) is 0 Å². The first-order chi connectivity index (χ1) is 10.1. The SMILES string of the molecule is CC(C)(C)C1CC2(CN3CC4CC(C4)C3)CC2N1C(C)(C)C. The second kappa shape index (κ2) is 4.51. The summed E-state index contributed by atoms with van der Waals surface area (Å²) in [6, 6.07) is 1.61. The number of hydrogen-bond acceptors (Lipinski definition) is 2. The highest BCUT2D eigenvalue weighted by Gasteiger charge is 2.68. The van der Waals surface area contributed by atoms with Gasteiger partial charge in [-0.1, -0.05) is 20.8 Å². The topological polar surface area (TPSA) is 6.48 Å². The summed E-state index contributed by atoms with van der Waals surface area (Å²) in [6.07, 6.45) is 5.96. The second-order valence-corrected chi connectivity index (χ2v) is 11.1. The molecule has 3 unspecified atom stereocenters. The van der Waals surface area contributed by atoms with Gasteiger partial charge >= 0.3 is 0 Å². The van der Waals surface area contributed by atoms with Crippen molar-refractivity contribution in [3.05, 3.63) is 0 Å². The van der Waals surface area contributed by atoms with Crippen LogP contribution >= 0.6 is 0 Å². The molecule has 5 fully saturated rings. The van der Waals surface area contributed by atoms with Crippen LogP contribution in [0.4, 0.5) is 0 Å². The van der Waals surface area contributed by atoms with Crippen LogP contribution in [-0.4, -0.2) is 47.1 Å². The summed E-state index contributed by atoms with van der Waals surface area (Å²) in [4.78, 5) is 5.74. The fraction of sp³-hybridized carbons (Fsp3) is 1.00. The molecule has 0 N–H and O–H groups in total. The van der Waals surface area contributed by atoms with Crippen LogP contribution < -0.4 is 0 Å². The third-order valence-corrected chi connectivity index (χ3v) is 7.10. The first-order valence-corrected chi connectivity index (χ1v) is 9.59. The average Bonchev–Trinajstić information content (AvgIpc) is 2.88. The Bertz CT molecular complexity index is 441. The molecule has 0 radical (unpaired) electrons. The molecule has 0 aromatic rings. The van der Waals surface area contributed by atoms with E-state index in [2.05, 4.69) is 51.3 Å². The molecule has 3 heterocycles. The van der Waals surface area contributed by atoms with Crippen molar-refractivity contribution in [1.29, 1.82) is 0 Å². The van der Waals surface area contributed by atoms with Gasteiger partial charge in [-0.15, -0.1) is 0 Å². The van der Waals surface area contributed by atoms with Gasteiger partial charge in [0, 0.05) is 42.7 Å². The summed E-state index contributed by atoms with van der Waals surface area (Å²) in [6.45, 7) is 18.8. The van der Waals surface area contributed by atoms with Crippen molar-refractivity contribution in [2.24, 2.45) is 22.7 Å². The van der Waals surface area contributed by atoms with Crippen LogP contribution in [-0.2, 0) is 0 Å². The molecule has 0 aromatic carbocycles. The fourth-order valence-electron chi connectivity index (χ4n) is 6.08. The number of hydrogen-bond donors (Lipinski definition) is 0. The van der Waals surface area contributed by atoms with E-state index in [1.54, 1.807) is 0 Å². The number of rotatable bonds is 2. The van der Waals surface area contributed by atoms with Gasteiger partial charge in [-0.3, -0.25) is 4.90 Å². The minimum absolute atomic E-state index is 0.310. The molecule has 3 saturated heterocycles. The van der Waals surface area contributed by atoms with E-state index >= 15 is 0 Å². The average molecular weight is 305 g/mol. The molecule has 22 heavy (non-hydrogen) atoms. The van der Waals surface area contributed by atoms with Crippen molar-refractivity contribution >= 4 is 0 Å². The van der Waals surface area contributed by atoms with Crippen molar-refractivity contribution in [2.45, 2.75) is 84.8 Å². The molecule has 3 aliphatic heterocycles. The van der Waals surface area contributed by atoms with E-state index in [9.17, 15) is 0 Å². The Hall–Kier alpha value is -0.0800. The van der Waals surface area contributed by atoms with Crippen LogP contribution in [0.3, 0.4) is 0 Å². The molecule has 0 spiro atoms. The molecular formula is C20H36N2. The Morgan fingerprint density at radius 3 is 1.95 bits per heavy atom. The van der Waals surface area contributed by atoms with Crippen molar-refractivity contribution in [3.8, 4) is 0 Å². The predicted octanol–water partition coefficient (Wildman–Crippen LogP) is 4.01. The van der Waals surface area contributed by atoms with E-state index in [0.29, 0.717) is 16.4 Å². The second-order valence-electron chi connectivity index (χ2n) is 11.1. The molecule has 2 saturated carbocycles. The summed E-state index contributed by atoms with van der Waals surface area (Å²) in [7, 11) is 0. The maximum Gasteiger partial charge on any atom is 0.0180 e. The molecule has 5 aliphatic rings. The summed E-state index contributed by atoms with van der Waals surface area (Å²) in [5.41, 5.74) is 1.34. The highest BCUT2D eigenvalue weighted by molar-refractivity contribution is 5.21. The zero-order chi connectivity index (χ0) is 15.9. The van der Waals surface area contributed by atoms with Gasteiger partial charge in [-0.25, -0.2) is 0 Å². The molecule has 2 nitrogen and oxygen atoms in total. The highest BCUT2D eigenvalue weighted by Crippen LogP contribution is 2.64. The third-order valence-electron chi connectivity index (χ3n) is 7.10. The van der Waals surface area contributed by atoms with Crippen LogP contribution in [0.2, 0.25) is 0 Å². The molecule has 2 bridgehead atoms. The smallest absolute Gasteiger partial charge is 0.0180 e. The first kappa shape index (κ1) is 15.4. The van der Waals surface area contributed by atoms with Crippen LogP contribution in [0.1, 0.15) is 67.2 Å². The van der Waals surface area contributed by atoms with Crippen molar-refractivity contribution in [3.63, 3.8) is 0 Å². The number of likely N-dealkylation sites (tertiary alicyclic amines) is 1. The monoisotopic (exact) mass is 304 g/mol. The van der Waals surface area contributed by atoms with E-state index in [1.165, 1.54) is 45.3 Å². The number of nitrogens with zero attached hydrogens (tertiary/aromatic N) is 2. The lowest BCUT2D eigenvalue weighted by Crippen LogP contribution is -2.51. The van der Waals surface area contributed by atoms with E-state index in [1.807, 2.05) is 0 Å². The van der Waals surface area contributed by atoms with Gasteiger partial charge in [0.05, 0.1) is 0 Å². The Morgan fingerprint density at radius 2 is 1.50 bits per heavy atom. The van der Waals surface area contributed by atoms with Gasteiger partial charge in [0.2, 0.25) is 0 Å². The maximum absolute atomic E-state index is 2.90. The highest BCUT2D eigenvalue weighted by atomic mass is 15.3. The Labute approximate surface area is 137 Å². The molecule has 0 aromatic heterocycles. The fourth-order valence-corrected chi connectivity index (χ4v) is 6.08. The Morgan fingerprint density at radius 1 is 0.909 bits per heavy atom. The molecule has 126 valence electrons. The minimum atomic E-state index is 0.310. The van der Waals surface area contributed by atoms with Gasteiger partial charge < -0.3 is 4.90 Å². The quantitative estimate of drug-likeness (QED) is 0.760. The van der Waals surface area contributed by atoms with E-state index in [0.717, 1.165) is 23.9 Å². The van der Waals surface area contributed by atoms with Crippen molar-refractivity contribution in [2.75, 3.05) is 19.6 Å². The normalized spacial score (nSPS) is 45.5. The summed E-state index contributed by atoms with van der Waals surface area (Å²) in [5.74, 6) is 2.09. The first-order valence-electron chi connectivity index (χ1n) is 9.59. The standard InChI is InChI=1S/C20H36N2/c1-18(2,3)16-9-20(10-17(20)22(16)19(4,5)6)13-21-11-14-7-15(8-14)12-21/h14-17H,7-13H2,1-6H3.